The molecule has 49 heavy (non-hydrogen) atoms. The van der Waals surface area contributed by atoms with Crippen molar-refractivity contribution in [2.75, 3.05) is 32.2 Å². The topological polar surface area (TPSA) is 162 Å². The van der Waals surface area contributed by atoms with E-state index in [0.717, 1.165) is 12.8 Å². The summed E-state index contributed by atoms with van der Waals surface area (Å²) >= 11 is 6.32. The highest BCUT2D eigenvalue weighted by atomic mass is 35.5. The van der Waals surface area contributed by atoms with Gasteiger partial charge in [-0.3, -0.25) is 9.05 Å². The van der Waals surface area contributed by atoms with Gasteiger partial charge in [-0.1, -0.05) is 75.6 Å². The van der Waals surface area contributed by atoms with E-state index in [4.69, 9.17) is 49.9 Å². The maximum absolute atomic E-state index is 14.1. The highest BCUT2D eigenvalue weighted by Gasteiger charge is 2.65. The molecule has 2 N–H and O–H groups in total. The van der Waals surface area contributed by atoms with Crippen LogP contribution >= 0.6 is 19.4 Å². The summed E-state index contributed by atoms with van der Waals surface area (Å²) in [7, 11) is -4.27. The smallest absolute Gasteiger partial charge is 0.402 e. The Labute approximate surface area is 292 Å². The molecule has 2 aromatic heterocycles. The maximum atomic E-state index is 14.1. The number of para-hydroxylation sites is 1. The molecule has 2 aliphatic rings. The fourth-order valence-corrected chi connectivity index (χ4v) is 7.63. The minimum absolute atomic E-state index is 0.0444. The molecule has 5 rings (SSSR count). The van der Waals surface area contributed by atoms with E-state index in [1.165, 1.54) is 49.4 Å². The summed E-state index contributed by atoms with van der Waals surface area (Å²) < 4.78 is 57.7. The van der Waals surface area contributed by atoms with Crippen LogP contribution in [-0.4, -0.2) is 65.1 Å². The predicted octanol–water partition coefficient (Wildman–Crippen LogP) is 7.37. The number of halogens is 1. The molecule has 0 radical (unpaired) electrons. The first-order valence-corrected chi connectivity index (χ1v) is 18.9. The number of hydrogen-bond acceptors (Lipinski definition) is 12. The van der Waals surface area contributed by atoms with Crippen molar-refractivity contribution >= 4 is 30.8 Å². The second kappa shape index (κ2) is 16.9. The van der Waals surface area contributed by atoms with Gasteiger partial charge in [0, 0.05) is 13.2 Å². The summed E-state index contributed by atoms with van der Waals surface area (Å²) in [5.41, 5.74) is 5.25. The van der Waals surface area contributed by atoms with Gasteiger partial charge in [-0.05, 0) is 51.0 Å². The number of nitrogens with zero attached hydrogens (tertiary/aromatic N) is 4. The molecule has 0 aliphatic carbocycles. The summed E-state index contributed by atoms with van der Waals surface area (Å²) in [5, 5.41) is 15.2. The van der Waals surface area contributed by atoms with E-state index in [1.54, 1.807) is 50.2 Å². The summed E-state index contributed by atoms with van der Waals surface area (Å²) in [6.45, 7) is 6.53. The minimum atomic E-state index is -4.27. The molecule has 4 heterocycles. The van der Waals surface area contributed by atoms with Crippen LogP contribution in [0.1, 0.15) is 84.3 Å². The summed E-state index contributed by atoms with van der Waals surface area (Å²) in [5.74, 6) is -0.682. The second-order valence-corrected chi connectivity index (χ2v) is 14.7. The lowest BCUT2D eigenvalue weighted by Gasteiger charge is -2.29. The lowest BCUT2D eigenvalue weighted by molar-refractivity contribution is -0.204. The predicted molar refractivity (Wildman–Crippen MR) is 183 cm³/mol. The third-order valence-corrected chi connectivity index (χ3v) is 10.2. The number of nitriles is 1. The molecular weight excluding hydrogens is 673 g/mol. The van der Waals surface area contributed by atoms with Gasteiger partial charge in [0.15, 0.2) is 11.6 Å². The number of phosphoric ester groups is 1. The molecule has 15 heteroatoms. The molecule has 0 amide bonds. The van der Waals surface area contributed by atoms with Crippen LogP contribution in [0.2, 0.25) is 5.02 Å². The number of benzene rings is 1. The van der Waals surface area contributed by atoms with Crippen LogP contribution in [0.5, 0.6) is 5.75 Å². The molecule has 13 nitrogen and oxygen atoms in total. The number of fused-ring (bicyclic) bond motifs is 2. The van der Waals surface area contributed by atoms with Crippen molar-refractivity contribution in [1.29, 1.82) is 5.26 Å². The van der Waals surface area contributed by atoms with E-state index < -0.39 is 37.5 Å². The van der Waals surface area contributed by atoms with Crippen molar-refractivity contribution in [2.24, 2.45) is 0 Å². The monoisotopic (exact) mass is 719 g/mol. The average molecular weight is 720 g/mol. The molecule has 2 saturated heterocycles. The van der Waals surface area contributed by atoms with Gasteiger partial charge in [0.1, 0.15) is 42.0 Å². The number of aromatic nitrogens is 3. The molecule has 5 atom stereocenters. The number of nitrogen functional groups attached to an aromatic ring is 1. The Bertz CT molecular complexity index is 1620. The first-order chi connectivity index (χ1) is 23.6. The van der Waals surface area contributed by atoms with Crippen molar-refractivity contribution in [3.63, 3.8) is 0 Å². The molecular formula is C34H47ClN5O8P. The van der Waals surface area contributed by atoms with Crippen molar-refractivity contribution in [2.45, 2.75) is 108 Å². The largest absolute Gasteiger partial charge is 0.530 e. The van der Waals surface area contributed by atoms with Crippen molar-refractivity contribution in [1.82, 2.24) is 14.6 Å². The van der Waals surface area contributed by atoms with Gasteiger partial charge in [0.2, 0.25) is 5.60 Å². The average Bonchev–Trinajstić information content (AvgIpc) is 3.74. The normalized spacial score (nSPS) is 24.1. The van der Waals surface area contributed by atoms with E-state index in [9.17, 15) is 9.83 Å². The van der Waals surface area contributed by atoms with Gasteiger partial charge >= 0.3 is 7.82 Å². The van der Waals surface area contributed by atoms with Crippen LogP contribution in [0.3, 0.4) is 0 Å². The molecule has 268 valence electrons. The summed E-state index contributed by atoms with van der Waals surface area (Å²) in [6, 6.07) is 12.3. The number of phosphoric acid groups is 1. The standard InChI is InChI=1S/C34H47ClN5O8P/c1-4-5-6-7-8-9-10-13-19-42-20-14-21-43-49(41,48-27-16-12-11-15-25(27)35)44-22-28-30-31(47-33(2,3)46-30)34(23-36,45-28)29-18-17-26-32(37)38-24-39-40(26)29/h11-12,15-18,24,28,30-31H,4-10,13-14,19-22H2,1-3H3,(H2,37,38,39)/t28-,30-,31-,34+,49?/m1/s1. The Balaban J connectivity index is 1.22. The molecule has 0 saturated carbocycles. The highest BCUT2D eigenvalue weighted by Crippen LogP contribution is 2.54. The zero-order chi connectivity index (χ0) is 34.9. The van der Waals surface area contributed by atoms with E-state index in [2.05, 4.69) is 23.1 Å². The molecule has 0 bridgehead atoms. The number of anilines is 1. The van der Waals surface area contributed by atoms with Gasteiger partial charge < -0.3 is 29.2 Å². The molecule has 2 fully saturated rings. The van der Waals surface area contributed by atoms with Crippen molar-refractivity contribution in [3.8, 4) is 11.8 Å². The van der Waals surface area contributed by atoms with Gasteiger partial charge in [-0.25, -0.2) is 14.1 Å². The SMILES string of the molecule is CCCCCCCCCCOCCCOP(=O)(OC[C@H]1O[C@@](C#N)(c2ccc3c(N)ncnn23)[C@@H]2OC(C)(C)O[C@@H]21)Oc1ccccc1Cl. The Morgan fingerprint density at radius 1 is 0.980 bits per heavy atom. The van der Waals surface area contributed by atoms with Gasteiger partial charge in [-0.15, -0.1) is 0 Å². The van der Waals surface area contributed by atoms with Gasteiger partial charge in [-0.2, -0.15) is 10.4 Å². The van der Waals surface area contributed by atoms with E-state index in [0.29, 0.717) is 30.8 Å². The van der Waals surface area contributed by atoms with Crippen LogP contribution in [-0.2, 0) is 38.2 Å². The molecule has 1 aromatic carbocycles. The Hall–Kier alpha value is -2.79. The van der Waals surface area contributed by atoms with Crippen molar-refractivity contribution < 1.29 is 37.1 Å². The van der Waals surface area contributed by atoms with Crippen LogP contribution in [0, 0.1) is 11.3 Å². The third-order valence-electron chi connectivity index (χ3n) is 8.53. The molecule has 0 spiro atoms. The van der Waals surface area contributed by atoms with E-state index >= 15 is 0 Å². The lowest BCUT2D eigenvalue weighted by Crippen LogP contribution is -2.40. The van der Waals surface area contributed by atoms with Gasteiger partial charge in [0.25, 0.3) is 0 Å². The molecule has 1 unspecified atom stereocenters. The van der Waals surface area contributed by atoms with Crippen LogP contribution in [0.4, 0.5) is 5.82 Å². The third kappa shape index (κ3) is 9.12. The number of ether oxygens (including phenoxy) is 4. The number of hydrogen-bond donors (Lipinski definition) is 1. The second-order valence-electron chi connectivity index (χ2n) is 12.7. The Morgan fingerprint density at radius 3 is 2.47 bits per heavy atom. The molecule has 3 aromatic rings. The lowest BCUT2D eigenvalue weighted by atomic mass is 9.92. The van der Waals surface area contributed by atoms with Gasteiger partial charge in [0.05, 0.1) is 23.9 Å². The van der Waals surface area contributed by atoms with Crippen LogP contribution in [0.15, 0.2) is 42.7 Å². The first kappa shape index (κ1) is 37.5. The fourth-order valence-electron chi connectivity index (χ4n) is 6.14. The minimum Gasteiger partial charge on any atom is -0.402 e. The number of rotatable bonds is 20. The van der Waals surface area contributed by atoms with Crippen molar-refractivity contribution in [3.05, 3.63) is 53.4 Å². The van der Waals surface area contributed by atoms with Crippen LogP contribution in [0.25, 0.3) is 5.52 Å². The maximum Gasteiger partial charge on any atom is 0.530 e. The quantitative estimate of drug-likeness (QED) is 0.0913. The summed E-state index contributed by atoms with van der Waals surface area (Å²) in [4.78, 5) is 4.03. The molecule has 2 aliphatic heterocycles. The zero-order valence-electron chi connectivity index (χ0n) is 28.4. The first-order valence-electron chi connectivity index (χ1n) is 17.1. The summed E-state index contributed by atoms with van der Waals surface area (Å²) in [6.07, 6.45) is 8.98. The van der Waals surface area contributed by atoms with Crippen LogP contribution < -0.4 is 10.3 Å². The number of nitrogens with two attached hydrogens (primary N) is 1. The zero-order valence-corrected chi connectivity index (χ0v) is 30.1. The Kier molecular flexibility index (Phi) is 13.0. The number of unbranched alkanes of at least 4 members (excludes halogenated alkanes) is 7. The van der Waals surface area contributed by atoms with E-state index in [-0.39, 0.29) is 29.8 Å². The van der Waals surface area contributed by atoms with E-state index in [1.807, 2.05) is 0 Å². The Morgan fingerprint density at radius 2 is 1.71 bits per heavy atom. The highest BCUT2D eigenvalue weighted by molar-refractivity contribution is 7.48. The fraction of sp³-hybridized carbons (Fsp3) is 0.618.